The number of carbonyl (C=O) groups excluding carboxylic acids is 1. The third-order valence-electron chi connectivity index (χ3n) is 2.77. The molecule has 0 aliphatic carbocycles. The van der Waals surface area contributed by atoms with E-state index in [2.05, 4.69) is 21.2 Å². The lowest BCUT2D eigenvalue weighted by Crippen LogP contribution is -2.23. The number of carboxylic acid groups (broad SMARTS) is 1. The lowest BCUT2D eigenvalue weighted by atomic mass is 10.1. The molecule has 1 amide bonds. The zero-order valence-corrected chi connectivity index (χ0v) is 11.9. The van der Waals surface area contributed by atoms with Gasteiger partial charge in [-0.3, -0.25) is 4.79 Å². The van der Waals surface area contributed by atoms with Crippen LogP contribution >= 0.6 is 27.7 Å². The minimum atomic E-state index is -1.04. The summed E-state index contributed by atoms with van der Waals surface area (Å²) in [5, 5.41) is 11.8. The van der Waals surface area contributed by atoms with E-state index in [1.807, 2.05) is 0 Å². The van der Waals surface area contributed by atoms with Crippen LogP contribution in [0.25, 0.3) is 0 Å². The molecule has 0 bridgehead atoms. The summed E-state index contributed by atoms with van der Waals surface area (Å²) >= 11 is 5.02. The fourth-order valence-corrected chi connectivity index (χ4v) is 3.36. The molecule has 1 fully saturated rings. The Balaban J connectivity index is 2.19. The Hall–Kier alpha value is -1.01. The van der Waals surface area contributed by atoms with Crippen molar-refractivity contribution < 1.29 is 14.7 Å². The van der Waals surface area contributed by atoms with Crippen LogP contribution in [0.3, 0.4) is 0 Å². The smallest absolute Gasteiger partial charge is 0.337 e. The highest BCUT2D eigenvalue weighted by atomic mass is 79.9. The van der Waals surface area contributed by atoms with Gasteiger partial charge < -0.3 is 10.4 Å². The van der Waals surface area contributed by atoms with Gasteiger partial charge in [0.05, 0.1) is 11.3 Å². The largest absolute Gasteiger partial charge is 0.478 e. The molecule has 1 aliphatic heterocycles. The van der Waals surface area contributed by atoms with Gasteiger partial charge >= 0.3 is 5.97 Å². The fraction of sp³-hybridized carbons (Fsp3) is 0.333. The lowest BCUT2D eigenvalue weighted by Gasteiger charge is -2.12. The van der Waals surface area contributed by atoms with E-state index in [4.69, 9.17) is 5.11 Å². The van der Waals surface area contributed by atoms with Gasteiger partial charge in [0.25, 0.3) is 0 Å². The molecular weight excluding hydrogens is 318 g/mol. The summed E-state index contributed by atoms with van der Waals surface area (Å²) < 4.78 is 0.739. The van der Waals surface area contributed by atoms with Crippen molar-refractivity contribution in [3.8, 4) is 0 Å². The highest BCUT2D eigenvalue weighted by Gasteiger charge is 2.24. The number of aromatic carboxylic acids is 1. The molecule has 0 radical (unpaired) electrons. The lowest BCUT2D eigenvalue weighted by molar-refractivity contribution is -0.119. The number of nitrogens with one attached hydrogen (secondary N) is 1. The van der Waals surface area contributed by atoms with Crippen molar-refractivity contribution in [1.29, 1.82) is 0 Å². The van der Waals surface area contributed by atoms with Crippen LogP contribution in [0.2, 0.25) is 0 Å². The monoisotopic (exact) mass is 329 g/mol. The number of halogens is 1. The van der Waals surface area contributed by atoms with Gasteiger partial charge in [0.15, 0.2) is 0 Å². The average molecular weight is 330 g/mol. The van der Waals surface area contributed by atoms with E-state index < -0.39 is 5.97 Å². The van der Waals surface area contributed by atoms with Gasteiger partial charge in [-0.1, -0.05) is 15.9 Å². The summed E-state index contributed by atoms with van der Waals surface area (Å²) in [5.41, 5.74) is 0.455. The van der Waals surface area contributed by atoms with Crippen LogP contribution in [0.4, 0.5) is 5.69 Å². The Morgan fingerprint density at radius 1 is 1.44 bits per heavy atom. The van der Waals surface area contributed by atoms with E-state index in [0.717, 1.165) is 22.4 Å². The quantitative estimate of drug-likeness (QED) is 0.894. The van der Waals surface area contributed by atoms with E-state index in [1.54, 1.807) is 23.9 Å². The van der Waals surface area contributed by atoms with Crippen LogP contribution in [-0.2, 0) is 4.79 Å². The molecule has 1 aliphatic rings. The van der Waals surface area contributed by atoms with Gasteiger partial charge in [-0.15, -0.1) is 0 Å². The average Bonchev–Trinajstić information content (AvgIpc) is 2.81. The van der Waals surface area contributed by atoms with Crippen LogP contribution in [0.15, 0.2) is 22.7 Å². The van der Waals surface area contributed by atoms with Crippen LogP contribution in [-0.4, -0.2) is 28.5 Å². The molecule has 18 heavy (non-hydrogen) atoms. The number of hydrogen-bond acceptors (Lipinski definition) is 3. The first-order valence-electron chi connectivity index (χ1n) is 5.49. The number of thioether (sulfide) groups is 1. The first-order valence-corrected chi connectivity index (χ1v) is 7.44. The molecule has 2 rings (SSSR count). The van der Waals surface area contributed by atoms with Gasteiger partial charge in [-0.25, -0.2) is 4.79 Å². The number of benzene rings is 1. The summed E-state index contributed by atoms with van der Waals surface area (Å²) in [5.74, 6) is 0.639. The SMILES string of the molecule is O=C(O)c1ccc(Br)cc1NC(=O)C1CCSC1. The van der Waals surface area contributed by atoms with E-state index in [9.17, 15) is 9.59 Å². The predicted octanol–water partition coefficient (Wildman–Crippen LogP) is 2.84. The summed E-state index contributed by atoms with van der Waals surface area (Å²) in [4.78, 5) is 23.0. The molecule has 1 aromatic rings. The second-order valence-corrected chi connectivity index (χ2v) is 6.11. The molecular formula is C12H12BrNO3S. The van der Waals surface area contributed by atoms with Gasteiger partial charge in [-0.05, 0) is 30.4 Å². The van der Waals surface area contributed by atoms with E-state index in [1.165, 1.54) is 6.07 Å². The molecule has 96 valence electrons. The number of carbonyl (C=O) groups is 2. The molecule has 0 spiro atoms. The third-order valence-corrected chi connectivity index (χ3v) is 4.43. The molecule has 6 heteroatoms. The maximum absolute atomic E-state index is 12.0. The van der Waals surface area contributed by atoms with Crippen LogP contribution < -0.4 is 5.32 Å². The predicted molar refractivity (Wildman–Crippen MR) is 75.2 cm³/mol. The van der Waals surface area contributed by atoms with Crippen molar-refractivity contribution in [3.05, 3.63) is 28.2 Å². The highest BCUT2D eigenvalue weighted by molar-refractivity contribution is 9.10. The Morgan fingerprint density at radius 3 is 2.83 bits per heavy atom. The number of amides is 1. The zero-order chi connectivity index (χ0) is 13.1. The van der Waals surface area contributed by atoms with E-state index in [0.29, 0.717) is 5.69 Å². The molecule has 0 saturated carbocycles. The second-order valence-electron chi connectivity index (χ2n) is 4.04. The van der Waals surface area contributed by atoms with Crippen molar-refractivity contribution >= 4 is 45.3 Å². The molecule has 1 heterocycles. The molecule has 1 aromatic carbocycles. The second kappa shape index (κ2) is 5.75. The van der Waals surface area contributed by atoms with Gasteiger partial charge in [0, 0.05) is 16.1 Å². The minimum absolute atomic E-state index is 0.0179. The van der Waals surface area contributed by atoms with Crippen LogP contribution in [0.1, 0.15) is 16.8 Å². The van der Waals surface area contributed by atoms with E-state index >= 15 is 0 Å². The Kier molecular flexibility index (Phi) is 4.29. The first kappa shape index (κ1) is 13.4. The van der Waals surface area contributed by atoms with Gasteiger partial charge in [0.1, 0.15) is 0 Å². The molecule has 2 N–H and O–H groups in total. The molecule has 1 unspecified atom stereocenters. The van der Waals surface area contributed by atoms with Crippen molar-refractivity contribution in [3.63, 3.8) is 0 Å². The number of anilines is 1. The zero-order valence-electron chi connectivity index (χ0n) is 9.48. The highest BCUT2D eigenvalue weighted by Crippen LogP contribution is 2.27. The maximum atomic E-state index is 12.0. The molecule has 0 aromatic heterocycles. The summed E-state index contributed by atoms with van der Waals surface area (Å²) in [6, 6.07) is 4.74. The first-order chi connectivity index (χ1) is 8.58. The van der Waals surface area contributed by atoms with Crippen molar-refractivity contribution in [2.75, 3.05) is 16.8 Å². The van der Waals surface area contributed by atoms with E-state index in [-0.39, 0.29) is 17.4 Å². The van der Waals surface area contributed by atoms with Gasteiger partial charge in [0.2, 0.25) is 5.91 Å². The van der Waals surface area contributed by atoms with Crippen molar-refractivity contribution in [1.82, 2.24) is 0 Å². The Bertz CT molecular complexity index is 486. The number of rotatable bonds is 3. The number of carboxylic acids is 1. The Labute approximate surface area is 117 Å². The summed E-state index contributed by atoms with van der Waals surface area (Å²) in [6.07, 6.45) is 0.854. The Morgan fingerprint density at radius 2 is 2.22 bits per heavy atom. The molecule has 1 atom stereocenters. The topological polar surface area (TPSA) is 66.4 Å². The third kappa shape index (κ3) is 3.05. The van der Waals surface area contributed by atoms with Crippen molar-refractivity contribution in [2.24, 2.45) is 5.92 Å². The summed E-state index contributed by atoms with van der Waals surface area (Å²) in [6.45, 7) is 0. The standard InChI is InChI=1S/C12H12BrNO3S/c13-8-1-2-9(12(16)17)10(5-8)14-11(15)7-3-4-18-6-7/h1-2,5,7H,3-4,6H2,(H,14,15)(H,16,17). The summed E-state index contributed by atoms with van der Waals surface area (Å²) in [7, 11) is 0. The number of hydrogen-bond donors (Lipinski definition) is 2. The normalized spacial score (nSPS) is 18.6. The fourth-order valence-electron chi connectivity index (χ4n) is 1.78. The van der Waals surface area contributed by atoms with Crippen molar-refractivity contribution in [2.45, 2.75) is 6.42 Å². The van der Waals surface area contributed by atoms with Crippen LogP contribution in [0.5, 0.6) is 0 Å². The molecule has 1 saturated heterocycles. The molecule has 4 nitrogen and oxygen atoms in total. The minimum Gasteiger partial charge on any atom is -0.478 e. The van der Waals surface area contributed by atoms with Crippen LogP contribution in [0, 0.1) is 5.92 Å². The maximum Gasteiger partial charge on any atom is 0.337 e. The van der Waals surface area contributed by atoms with Gasteiger partial charge in [-0.2, -0.15) is 11.8 Å².